The maximum absolute atomic E-state index is 6.45. The molecular formula is C23H21ClN2S. The Morgan fingerprint density at radius 1 is 0.963 bits per heavy atom. The van der Waals surface area contributed by atoms with Gasteiger partial charge < -0.3 is 4.57 Å². The van der Waals surface area contributed by atoms with Crippen LogP contribution in [0.4, 0.5) is 0 Å². The van der Waals surface area contributed by atoms with E-state index in [0.717, 1.165) is 45.2 Å². The standard InChI is InChI=1S/C23H21ClN2S/c1-2-14-27-19-12-13-21-22(15-19)26(16-18-10-6-7-11-20(18)24)23(25-21)17-8-4-3-5-9-17/h3-13,15H,2,14,16H2,1H3. The summed E-state index contributed by atoms with van der Waals surface area (Å²) < 4.78 is 2.28. The molecule has 0 amide bonds. The molecule has 3 aromatic carbocycles. The van der Waals surface area contributed by atoms with Crippen LogP contribution >= 0.6 is 23.4 Å². The second-order valence-corrected chi connectivity index (χ2v) is 8.05. The van der Waals surface area contributed by atoms with Crippen molar-refractivity contribution in [2.45, 2.75) is 24.8 Å². The van der Waals surface area contributed by atoms with E-state index < -0.39 is 0 Å². The first kappa shape index (κ1) is 18.1. The lowest BCUT2D eigenvalue weighted by molar-refractivity contribution is 0.834. The van der Waals surface area contributed by atoms with Gasteiger partial charge in [-0.1, -0.05) is 67.1 Å². The zero-order valence-corrected chi connectivity index (χ0v) is 16.8. The van der Waals surface area contributed by atoms with Crippen molar-refractivity contribution < 1.29 is 0 Å². The maximum atomic E-state index is 6.45. The summed E-state index contributed by atoms with van der Waals surface area (Å²) in [5.41, 5.74) is 4.38. The van der Waals surface area contributed by atoms with Crippen LogP contribution in [-0.2, 0) is 6.54 Å². The fourth-order valence-electron chi connectivity index (χ4n) is 3.18. The molecule has 2 nitrogen and oxygen atoms in total. The molecule has 0 N–H and O–H groups in total. The van der Waals surface area contributed by atoms with Crippen molar-refractivity contribution in [3.8, 4) is 11.4 Å². The van der Waals surface area contributed by atoms with E-state index in [-0.39, 0.29) is 0 Å². The molecule has 0 fully saturated rings. The molecule has 0 unspecified atom stereocenters. The molecule has 0 saturated heterocycles. The predicted octanol–water partition coefficient (Wildman–Crippen LogP) is 6.91. The lowest BCUT2D eigenvalue weighted by Crippen LogP contribution is -2.03. The van der Waals surface area contributed by atoms with Crippen LogP contribution in [0.2, 0.25) is 5.02 Å². The number of hydrogen-bond acceptors (Lipinski definition) is 2. The number of benzene rings is 3. The second-order valence-electron chi connectivity index (χ2n) is 6.48. The van der Waals surface area contributed by atoms with E-state index in [1.165, 1.54) is 4.90 Å². The average Bonchev–Trinajstić information content (AvgIpc) is 3.06. The Balaban J connectivity index is 1.87. The first-order chi connectivity index (χ1) is 13.3. The molecule has 27 heavy (non-hydrogen) atoms. The predicted molar refractivity (Wildman–Crippen MR) is 117 cm³/mol. The second kappa shape index (κ2) is 8.20. The third-order valence-electron chi connectivity index (χ3n) is 4.51. The molecule has 136 valence electrons. The van der Waals surface area contributed by atoms with E-state index in [1.54, 1.807) is 0 Å². The van der Waals surface area contributed by atoms with E-state index in [1.807, 2.05) is 36.0 Å². The first-order valence-electron chi connectivity index (χ1n) is 9.18. The Kier molecular flexibility index (Phi) is 5.51. The quantitative estimate of drug-likeness (QED) is 0.332. The fourth-order valence-corrected chi connectivity index (χ4v) is 4.17. The number of halogens is 1. The van der Waals surface area contributed by atoms with Crippen LogP contribution in [-0.4, -0.2) is 15.3 Å². The smallest absolute Gasteiger partial charge is 0.141 e. The van der Waals surface area contributed by atoms with Crippen molar-refractivity contribution >= 4 is 34.4 Å². The van der Waals surface area contributed by atoms with Crippen molar-refractivity contribution in [1.82, 2.24) is 9.55 Å². The fraction of sp³-hybridized carbons (Fsp3) is 0.174. The largest absolute Gasteiger partial charge is 0.319 e. The molecule has 1 heterocycles. The lowest BCUT2D eigenvalue weighted by Gasteiger charge is -2.11. The summed E-state index contributed by atoms with van der Waals surface area (Å²) in [5.74, 6) is 2.10. The van der Waals surface area contributed by atoms with Gasteiger partial charge >= 0.3 is 0 Å². The van der Waals surface area contributed by atoms with E-state index in [9.17, 15) is 0 Å². The summed E-state index contributed by atoms with van der Waals surface area (Å²) in [6.07, 6.45) is 1.16. The van der Waals surface area contributed by atoms with E-state index >= 15 is 0 Å². The highest BCUT2D eigenvalue weighted by molar-refractivity contribution is 7.99. The van der Waals surface area contributed by atoms with Gasteiger partial charge in [0.2, 0.25) is 0 Å². The molecule has 1 aromatic heterocycles. The summed E-state index contributed by atoms with van der Waals surface area (Å²) >= 11 is 8.34. The van der Waals surface area contributed by atoms with Crippen LogP contribution in [0.25, 0.3) is 22.4 Å². The number of aromatic nitrogens is 2. The normalized spacial score (nSPS) is 11.2. The summed E-state index contributed by atoms with van der Waals surface area (Å²) in [7, 11) is 0. The number of nitrogens with zero attached hydrogens (tertiary/aromatic N) is 2. The van der Waals surface area contributed by atoms with Crippen LogP contribution in [0.5, 0.6) is 0 Å². The number of hydrogen-bond donors (Lipinski definition) is 0. The van der Waals surface area contributed by atoms with Gasteiger partial charge in [0.05, 0.1) is 17.6 Å². The minimum Gasteiger partial charge on any atom is -0.319 e. The van der Waals surface area contributed by atoms with Crippen LogP contribution < -0.4 is 0 Å². The Morgan fingerprint density at radius 3 is 2.52 bits per heavy atom. The Bertz CT molecular complexity index is 1060. The molecular weight excluding hydrogens is 372 g/mol. The van der Waals surface area contributed by atoms with Crippen LogP contribution in [0.15, 0.2) is 77.7 Å². The van der Waals surface area contributed by atoms with E-state index in [2.05, 4.69) is 60.0 Å². The van der Waals surface area contributed by atoms with Crippen LogP contribution in [0, 0.1) is 0 Å². The Labute approximate surface area is 169 Å². The summed E-state index contributed by atoms with van der Waals surface area (Å²) in [5, 5.41) is 0.787. The van der Waals surface area contributed by atoms with Gasteiger partial charge in [0, 0.05) is 15.5 Å². The Morgan fingerprint density at radius 2 is 1.74 bits per heavy atom. The molecule has 0 aliphatic heterocycles. The molecule has 0 saturated carbocycles. The van der Waals surface area contributed by atoms with E-state index in [0.29, 0.717) is 6.54 Å². The monoisotopic (exact) mass is 392 g/mol. The van der Waals surface area contributed by atoms with Crippen LogP contribution in [0.1, 0.15) is 18.9 Å². The highest BCUT2D eigenvalue weighted by Crippen LogP contribution is 2.30. The molecule has 4 rings (SSSR count). The average molecular weight is 393 g/mol. The highest BCUT2D eigenvalue weighted by Gasteiger charge is 2.14. The third kappa shape index (κ3) is 3.90. The van der Waals surface area contributed by atoms with Crippen molar-refractivity contribution in [3.05, 3.63) is 83.4 Å². The van der Waals surface area contributed by atoms with Crippen molar-refractivity contribution in [1.29, 1.82) is 0 Å². The van der Waals surface area contributed by atoms with Gasteiger partial charge in [0.25, 0.3) is 0 Å². The topological polar surface area (TPSA) is 17.8 Å². The lowest BCUT2D eigenvalue weighted by atomic mass is 10.2. The number of thioether (sulfide) groups is 1. The molecule has 0 spiro atoms. The number of imidazole rings is 1. The Hall–Kier alpha value is -2.23. The SMILES string of the molecule is CCCSc1ccc2nc(-c3ccccc3)n(Cc3ccccc3Cl)c2c1. The molecule has 4 heteroatoms. The molecule has 0 aliphatic carbocycles. The third-order valence-corrected chi connectivity index (χ3v) is 6.08. The van der Waals surface area contributed by atoms with Gasteiger partial charge in [0.1, 0.15) is 5.82 Å². The molecule has 0 aliphatic rings. The van der Waals surface area contributed by atoms with Gasteiger partial charge in [-0.2, -0.15) is 0 Å². The summed E-state index contributed by atoms with van der Waals surface area (Å²) in [6, 6.07) is 24.9. The van der Waals surface area contributed by atoms with Gasteiger partial charge in [-0.25, -0.2) is 4.98 Å². The zero-order chi connectivity index (χ0) is 18.6. The molecule has 4 aromatic rings. The number of fused-ring (bicyclic) bond motifs is 1. The van der Waals surface area contributed by atoms with Crippen molar-refractivity contribution in [2.75, 3.05) is 5.75 Å². The minimum atomic E-state index is 0.697. The van der Waals surface area contributed by atoms with Gasteiger partial charge in [0.15, 0.2) is 0 Å². The summed E-state index contributed by atoms with van der Waals surface area (Å²) in [4.78, 5) is 6.22. The van der Waals surface area contributed by atoms with Crippen molar-refractivity contribution in [3.63, 3.8) is 0 Å². The number of rotatable bonds is 6. The molecule has 0 radical (unpaired) electrons. The van der Waals surface area contributed by atoms with Gasteiger partial charge in [-0.3, -0.25) is 0 Å². The van der Waals surface area contributed by atoms with Gasteiger partial charge in [-0.15, -0.1) is 11.8 Å². The highest BCUT2D eigenvalue weighted by atomic mass is 35.5. The van der Waals surface area contributed by atoms with E-state index in [4.69, 9.17) is 16.6 Å². The summed E-state index contributed by atoms with van der Waals surface area (Å²) in [6.45, 7) is 2.91. The minimum absolute atomic E-state index is 0.697. The van der Waals surface area contributed by atoms with Crippen molar-refractivity contribution in [2.24, 2.45) is 0 Å². The maximum Gasteiger partial charge on any atom is 0.141 e. The van der Waals surface area contributed by atoms with Crippen LogP contribution in [0.3, 0.4) is 0 Å². The zero-order valence-electron chi connectivity index (χ0n) is 15.2. The molecule has 0 bridgehead atoms. The molecule has 0 atom stereocenters. The van der Waals surface area contributed by atoms with Gasteiger partial charge in [-0.05, 0) is 42.0 Å². The first-order valence-corrected chi connectivity index (χ1v) is 10.5.